The molecule has 1 saturated carbocycles. The summed E-state index contributed by atoms with van der Waals surface area (Å²) in [5, 5.41) is 3.50. The highest BCUT2D eigenvalue weighted by molar-refractivity contribution is 5.81. The van der Waals surface area contributed by atoms with Crippen LogP contribution in [0.3, 0.4) is 0 Å². The smallest absolute Gasteiger partial charge is 0.326 e. The lowest BCUT2D eigenvalue weighted by molar-refractivity contribution is -0.152. The van der Waals surface area contributed by atoms with Crippen LogP contribution in [-0.2, 0) is 14.3 Å². The van der Waals surface area contributed by atoms with E-state index in [0.717, 1.165) is 45.4 Å². The maximum absolute atomic E-state index is 12.4. The minimum absolute atomic E-state index is 0.109. The lowest BCUT2D eigenvalue weighted by Crippen LogP contribution is -2.62. The molecule has 3 unspecified atom stereocenters. The van der Waals surface area contributed by atoms with Crippen molar-refractivity contribution < 1.29 is 14.3 Å². The molecule has 0 amide bonds. The van der Waals surface area contributed by atoms with Crippen molar-refractivity contribution in [2.75, 3.05) is 26.9 Å². The van der Waals surface area contributed by atoms with Crippen LogP contribution in [0.25, 0.3) is 0 Å². The van der Waals surface area contributed by atoms with Crippen molar-refractivity contribution >= 4 is 5.97 Å². The molecular weight excluding hydrogens is 268 g/mol. The predicted molar refractivity (Wildman–Crippen MR) is 82.3 cm³/mol. The second-order valence-corrected chi connectivity index (χ2v) is 6.78. The van der Waals surface area contributed by atoms with E-state index in [4.69, 9.17) is 9.47 Å². The largest absolute Gasteiger partial charge is 0.468 e. The van der Waals surface area contributed by atoms with Gasteiger partial charge in [-0.15, -0.1) is 0 Å². The topological polar surface area (TPSA) is 50.8 Å². The molecule has 1 aliphatic carbocycles. The predicted octanol–water partition coefficient (Wildman–Crippen LogP) is 1.56. The molecule has 122 valence electrons. The Hall–Kier alpha value is -0.650. The molecular formula is C16H30N2O3. The van der Waals surface area contributed by atoms with Crippen molar-refractivity contribution in [3.63, 3.8) is 0 Å². The number of carbonyl (C=O) groups excluding carboxylic acids is 1. The number of esters is 1. The number of rotatable bonds is 4. The maximum atomic E-state index is 12.4. The van der Waals surface area contributed by atoms with Crippen LogP contribution in [0, 0.1) is 0 Å². The number of morpholine rings is 1. The molecule has 0 aromatic carbocycles. The van der Waals surface area contributed by atoms with Crippen LogP contribution in [0.15, 0.2) is 0 Å². The van der Waals surface area contributed by atoms with Gasteiger partial charge in [-0.1, -0.05) is 0 Å². The average Bonchev–Trinajstić information content (AvgIpc) is 2.46. The van der Waals surface area contributed by atoms with Gasteiger partial charge in [0.1, 0.15) is 5.54 Å². The third-order valence-electron chi connectivity index (χ3n) is 4.75. The van der Waals surface area contributed by atoms with Crippen LogP contribution < -0.4 is 5.32 Å². The van der Waals surface area contributed by atoms with Crippen LogP contribution in [-0.4, -0.2) is 61.4 Å². The van der Waals surface area contributed by atoms with Gasteiger partial charge in [-0.05, 0) is 46.5 Å². The summed E-state index contributed by atoms with van der Waals surface area (Å²) in [5.74, 6) is -0.109. The Kier molecular flexibility index (Phi) is 5.63. The Morgan fingerprint density at radius 1 is 1.48 bits per heavy atom. The molecule has 2 fully saturated rings. The minimum atomic E-state index is -0.524. The standard InChI is InChI=1S/C16H30N2O3/c1-12(2)17-16(15(19)20-4)7-5-6-14(10-16)18-8-9-21-11-13(18)3/h12-14,17H,5-11H2,1-4H3. The molecule has 21 heavy (non-hydrogen) atoms. The summed E-state index contributed by atoms with van der Waals surface area (Å²) in [7, 11) is 1.49. The number of nitrogens with zero attached hydrogens (tertiary/aromatic N) is 1. The molecule has 5 nitrogen and oxygen atoms in total. The molecule has 3 atom stereocenters. The van der Waals surface area contributed by atoms with Crippen molar-refractivity contribution in [2.45, 2.75) is 70.1 Å². The molecule has 2 aliphatic rings. The van der Waals surface area contributed by atoms with Gasteiger partial charge in [0.15, 0.2) is 0 Å². The van der Waals surface area contributed by atoms with E-state index in [1.807, 2.05) is 0 Å². The summed E-state index contributed by atoms with van der Waals surface area (Å²) < 4.78 is 10.7. The summed E-state index contributed by atoms with van der Waals surface area (Å²) in [4.78, 5) is 14.9. The first-order valence-corrected chi connectivity index (χ1v) is 8.18. The first kappa shape index (κ1) is 16.7. The van der Waals surface area contributed by atoms with Gasteiger partial charge >= 0.3 is 5.97 Å². The number of hydrogen-bond donors (Lipinski definition) is 1. The van der Waals surface area contributed by atoms with Crippen molar-refractivity contribution in [2.24, 2.45) is 0 Å². The molecule has 1 heterocycles. The second-order valence-electron chi connectivity index (χ2n) is 6.78. The average molecular weight is 298 g/mol. The zero-order valence-electron chi connectivity index (χ0n) is 13.9. The van der Waals surface area contributed by atoms with Crippen LogP contribution in [0.4, 0.5) is 0 Å². The summed E-state index contributed by atoms with van der Waals surface area (Å²) in [5.41, 5.74) is -0.524. The van der Waals surface area contributed by atoms with E-state index in [2.05, 4.69) is 31.0 Å². The van der Waals surface area contributed by atoms with E-state index >= 15 is 0 Å². The number of nitrogens with one attached hydrogen (secondary N) is 1. The van der Waals surface area contributed by atoms with Crippen molar-refractivity contribution in [3.8, 4) is 0 Å². The van der Waals surface area contributed by atoms with E-state index in [0.29, 0.717) is 12.1 Å². The van der Waals surface area contributed by atoms with Gasteiger partial charge < -0.3 is 9.47 Å². The summed E-state index contributed by atoms with van der Waals surface area (Å²) in [6.45, 7) is 8.94. The van der Waals surface area contributed by atoms with Crippen molar-refractivity contribution in [3.05, 3.63) is 0 Å². The van der Waals surface area contributed by atoms with Crippen molar-refractivity contribution in [1.29, 1.82) is 0 Å². The fourth-order valence-corrected chi connectivity index (χ4v) is 3.93. The molecule has 0 aromatic rings. The third kappa shape index (κ3) is 3.76. The molecule has 1 aliphatic heterocycles. The molecule has 2 rings (SSSR count). The fourth-order valence-electron chi connectivity index (χ4n) is 3.93. The Labute approximate surface area is 128 Å². The molecule has 0 spiro atoms. The molecule has 1 saturated heterocycles. The summed E-state index contributed by atoms with van der Waals surface area (Å²) in [6, 6.07) is 1.13. The Bertz CT molecular complexity index is 361. The normalized spacial score (nSPS) is 34.9. The first-order valence-electron chi connectivity index (χ1n) is 8.18. The third-order valence-corrected chi connectivity index (χ3v) is 4.75. The number of methoxy groups -OCH3 is 1. The number of ether oxygens (including phenoxy) is 2. The Balaban J connectivity index is 2.13. The molecule has 0 radical (unpaired) electrons. The fraction of sp³-hybridized carbons (Fsp3) is 0.938. The summed E-state index contributed by atoms with van der Waals surface area (Å²) in [6.07, 6.45) is 3.92. The number of hydrogen-bond acceptors (Lipinski definition) is 5. The molecule has 0 aromatic heterocycles. The van der Waals surface area contributed by atoms with Gasteiger partial charge in [0.2, 0.25) is 0 Å². The lowest BCUT2D eigenvalue weighted by atomic mass is 9.77. The Morgan fingerprint density at radius 2 is 2.24 bits per heavy atom. The maximum Gasteiger partial charge on any atom is 0.326 e. The van der Waals surface area contributed by atoms with Gasteiger partial charge in [-0.3, -0.25) is 15.0 Å². The minimum Gasteiger partial charge on any atom is -0.468 e. The number of carbonyl (C=O) groups is 1. The quantitative estimate of drug-likeness (QED) is 0.798. The van der Waals surface area contributed by atoms with Crippen LogP contribution in [0.1, 0.15) is 46.5 Å². The first-order chi connectivity index (χ1) is 9.98. The van der Waals surface area contributed by atoms with Gasteiger partial charge in [-0.2, -0.15) is 0 Å². The van der Waals surface area contributed by atoms with Crippen LogP contribution >= 0.6 is 0 Å². The highest BCUT2D eigenvalue weighted by atomic mass is 16.5. The van der Waals surface area contributed by atoms with Crippen LogP contribution in [0.2, 0.25) is 0 Å². The van der Waals surface area contributed by atoms with Gasteiger partial charge in [0.25, 0.3) is 0 Å². The van der Waals surface area contributed by atoms with Gasteiger partial charge in [0.05, 0.1) is 20.3 Å². The monoisotopic (exact) mass is 298 g/mol. The van der Waals surface area contributed by atoms with E-state index in [1.165, 1.54) is 7.11 Å². The van der Waals surface area contributed by atoms with E-state index in [-0.39, 0.29) is 12.0 Å². The van der Waals surface area contributed by atoms with Crippen LogP contribution in [0.5, 0.6) is 0 Å². The summed E-state index contributed by atoms with van der Waals surface area (Å²) >= 11 is 0. The van der Waals surface area contributed by atoms with E-state index < -0.39 is 5.54 Å². The van der Waals surface area contributed by atoms with E-state index in [1.54, 1.807) is 0 Å². The second kappa shape index (κ2) is 7.07. The van der Waals surface area contributed by atoms with E-state index in [9.17, 15) is 4.79 Å². The zero-order valence-corrected chi connectivity index (χ0v) is 13.9. The van der Waals surface area contributed by atoms with Crippen molar-refractivity contribution in [1.82, 2.24) is 10.2 Å². The van der Waals surface area contributed by atoms with Gasteiger partial charge in [0, 0.05) is 24.7 Å². The highest BCUT2D eigenvalue weighted by Gasteiger charge is 2.46. The molecule has 1 N–H and O–H groups in total. The highest BCUT2D eigenvalue weighted by Crippen LogP contribution is 2.34. The SMILES string of the molecule is COC(=O)C1(NC(C)C)CCCC(N2CCOCC2C)C1. The van der Waals surface area contributed by atoms with Gasteiger partial charge in [-0.25, -0.2) is 0 Å². The zero-order chi connectivity index (χ0) is 15.5. The Morgan fingerprint density at radius 3 is 2.86 bits per heavy atom. The molecule has 0 bridgehead atoms. The molecule has 5 heteroatoms. The lowest BCUT2D eigenvalue weighted by Gasteiger charge is -2.47.